The Morgan fingerprint density at radius 2 is 2.00 bits per heavy atom. The Kier molecular flexibility index (Phi) is 5.80. The number of ether oxygens (including phenoxy) is 3. The highest BCUT2D eigenvalue weighted by molar-refractivity contribution is 5.95. The molecule has 142 valence electrons. The molecular weight excluding hydrogens is 350 g/mol. The van der Waals surface area contributed by atoms with E-state index in [-0.39, 0.29) is 17.7 Å². The third kappa shape index (κ3) is 4.69. The SMILES string of the molecule is CCOc1cc(C(=O)N[C@H]2COc3ccccc3C2)ccc1OCC(=O)O. The van der Waals surface area contributed by atoms with Crippen LogP contribution in [0.5, 0.6) is 17.2 Å². The van der Waals surface area contributed by atoms with Gasteiger partial charge in [-0.05, 0) is 43.2 Å². The van der Waals surface area contributed by atoms with Crippen molar-refractivity contribution < 1.29 is 28.9 Å². The van der Waals surface area contributed by atoms with Gasteiger partial charge in [0.05, 0.1) is 12.6 Å². The molecule has 1 aliphatic rings. The van der Waals surface area contributed by atoms with Gasteiger partial charge in [-0.15, -0.1) is 0 Å². The molecule has 0 aliphatic carbocycles. The van der Waals surface area contributed by atoms with Gasteiger partial charge in [0.2, 0.25) is 0 Å². The Morgan fingerprint density at radius 3 is 2.78 bits per heavy atom. The van der Waals surface area contributed by atoms with Gasteiger partial charge in [-0.25, -0.2) is 4.79 Å². The van der Waals surface area contributed by atoms with Crippen molar-refractivity contribution in [1.29, 1.82) is 0 Å². The lowest BCUT2D eigenvalue weighted by Crippen LogP contribution is -2.42. The standard InChI is InChI=1S/C20H21NO6/c1-2-25-18-10-14(7-8-17(18)27-12-19(22)23)20(24)21-15-9-13-5-3-4-6-16(13)26-11-15/h3-8,10,15H,2,9,11-12H2,1H3,(H,21,24)(H,22,23)/t15-/m1/s1. The number of hydrogen-bond donors (Lipinski definition) is 2. The number of hydrogen-bond acceptors (Lipinski definition) is 5. The van der Waals surface area contributed by atoms with E-state index in [2.05, 4.69) is 5.32 Å². The summed E-state index contributed by atoms with van der Waals surface area (Å²) >= 11 is 0. The smallest absolute Gasteiger partial charge is 0.341 e. The molecule has 27 heavy (non-hydrogen) atoms. The molecule has 1 aliphatic heterocycles. The van der Waals surface area contributed by atoms with Gasteiger partial charge in [-0.2, -0.15) is 0 Å². The molecule has 7 heteroatoms. The quantitative estimate of drug-likeness (QED) is 0.776. The number of carboxylic acid groups (broad SMARTS) is 1. The summed E-state index contributed by atoms with van der Waals surface area (Å²) in [5, 5.41) is 11.7. The van der Waals surface area contributed by atoms with E-state index >= 15 is 0 Å². The number of fused-ring (bicyclic) bond motifs is 1. The molecule has 7 nitrogen and oxygen atoms in total. The molecule has 0 fully saturated rings. The first kappa shape index (κ1) is 18.6. The highest BCUT2D eigenvalue weighted by atomic mass is 16.5. The van der Waals surface area contributed by atoms with Crippen molar-refractivity contribution in [3.05, 3.63) is 53.6 Å². The summed E-state index contributed by atoms with van der Waals surface area (Å²) < 4.78 is 16.4. The lowest BCUT2D eigenvalue weighted by Gasteiger charge is -2.26. The lowest BCUT2D eigenvalue weighted by atomic mass is 10.0. The van der Waals surface area contributed by atoms with Crippen molar-refractivity contribution in [3.8, 4) is 17.2 Å². The summed E-state index contributed by atoms with van der Waals surface area (Å²) in [5.41, 5.74) is 1.46. The first-order valence-corrected chi connectivity index (χ1v) is 8.70. The minimum absolute atomic E-state index is 0.133. The molecule has 0 spiro atoms. The largest absolute Gasteiger partial charge is 0.491 e. The summed E-state index contributed by atoms with van der Waals surface area (Å²) in [6.07, 6.45) is 0.694. The van der Waals surface area contributed by atoms with Gasteiger partial charge in [0.25, 0.3) is 5.91 Å². The normalized spacial score (nSPS) is 15.2. The molecule has 2 aromatic rings. The predicted molar refractivity (Wildman–Crippen MR) is 97.6 cm³/mol. The fourth-order valence-electron chi connectivity index (χ4n) is 2.87. The number of carboxylic acids is 1. The minimum atomic E-state index is -1.09. The van der Waals surface area contributed by atoms with Crippen LogP contribution in [0, 0.1) is 0 Å². The number of carbonyl (C=O) groups is 2. The van der Waals surface area contributed by atoms with Crippen LogP contribution in [0.15, 0.2) is 42.5 Å². The third-order valence-electron chi connectivity index (χ3n) is 4.07. The molecule has 0 saturated carbocycles. The Hall–Kier alpha value is -3.22. The van der Waals surface area contributed by atoms with E-state index < -0.39 is 12.6 Å². The van der Waals surface area contributed by atoms with E-state index in [1.807, 2.05) is 24.3 Å². The molecule has 3 rings (SSSR count). The van der Waals surface area contributed by atoms with Crippen LogP contribution in [-0.2, 0) is 11.2 Å². The fourth-order valence-corrected chi connectivity index (χ4v) is 2.87. The highest BCUT2D eigenvalue weighted by Crippen LogP contribution is 2.29. The molecule has 2 N–H and O–H groups in total. The summed E-state index contributed by atoms with van der Waals surface area (Å²) in [6.45, 7) is 2.08. The number of amides is 1. The van der Waals surface area contributed by atoms with Crippen LogP contribution in [0.2, 0.25) is 0 Å². The number of rotatable bonds is 7. The molecular formula is C20H21NO6. The van der Waals surface area contributed by atoms with E-state index in [0.717, 1.165) is 11.3 Å². The molecule has 1 heterocycles. The number of nitrogens with one attached hydrogen (secondary N) is 1. The summed E-state index contributed by atoms with van der Waals surface area (Å²) in [4.78, 5) is 23.3. The average Bonchev–Trinajstić information content (AvgIpc) is 2.67. The van der Waals surface area contributed by atoms with Crippen molar-refractivity contribution in [2.24, 2.45) is 0 Å². The van der Waals surface area contributed by atoms with Crippen molar-refractivity contribution in [2.75, 3.05) is 19.8 Å². The number of carbonyl (C=O) groups excluding carboxylic acids is 1. The van der Waals surface area contributed by atoms with Crippen LogP contribution in [0.3, 0.4) is 0 Å². The molecule has 0 aromatic heterocycles. The van der Waals surface area contributed by atoms with Gasteiger partial charge >= 0.3 is 5.97 Å². The topological polar surface area (TPSA) is 94.1 Å². The van der Waals surface area contributed by atoms with Gasteiger partial charge in [-0.1, -0.05) is 18.2 Å². The minimum Gasteiger partial charge on any atom is -0.491 e. The van der Waals surface area contributed by atoms with E-state index in [9.17, 15) is 9.59 Å². The van der Waals surface area contributed by atoms with E-state index in [1.54, 1.807) is 19.1 Å². The van der Waals surface area contributed by atoms with Crippen molar-refractivity contribution in [1.82, 2.24) is 5.32 Å². The van der Waals surface area contributed by atoms with Crippen LogP contribution < -0.4 is 19.5 Å². The van der Waals surface area contributed by atoms with Gasteiger partial charge in [0.1, 0.15) is 12.4 Å². The predicted octanol–water partition coefficient (Wildman–Crippen LogP) is 2.28. The molecule has 2 aromatic carbocycles. The second kappa shape index (κ2) is 8.44. The van der Waals surface area contributed by atoms with Crippen molar-refractivity contribution >= 4 is 11.9 Å². The lowest BCUT2D eigenvalue weighted by molar-refractivity contribution is -0.139. The van der Waals surface area contributed by atoms with E-state index in [4.69, 9.17) is 19.3 Å². The Balaban J connectivity index is 1.69. The van der Waals surface area contributed by atoms with Gasteiger partial charge in [0, 0.05) is 5.56 Å². The van der Waals surface area contributed by atoms with Crippen LogP contribution in [0.4, 0.5) is 0 Å². The maximum absolute atomic E-state index is 12.6. The van der Waals surface area contributed by atoms with Gasteiger partial charge in [0.15, 0.2) is 18.1 Å². The fraction of sp³-hybridized carbons (Fsp3) is 0.300. The summed E-state index contributed by atoms with van der Waals surface area (Å²) in [6, 6.07) is 12.3. The zero-order chi connectivity index (χ0) is 19.2. The third-order valence-corrected chi connectivity index (χ3v) is 4.07. The molecule has 1 amide bonds. The monoisotopic (exact) mass is 371 g/mol. The Bertz CT molecular complexity index is 835. The summed E-state index contributed by atoms with van der Waals surface area (Å²) in [7, 11) is 0. The van der Waals surface area contributed by atoms with E-state index in [1.165, 1.54) is 6.07 Å². The molecule has 0 unspecified atom stereocenters. The van der Waals surface area contributed by atoms with Crippen LogP contribution >= 0.6 is 0 Å². The first-order valence-electron chi connectivity index (χ1n) is 8.70. The van der Waals surface area contributed by atoms with Gasteiger partial charge < -0.3 is 24.6 Å². The number of aliphatic carboxylic acids is 1. The maximum atomic E-state index is 12.6. The molecule has 1 atom stereocenters. The van der Waals surface area contributed by atoms with E-state index in [0.29, 0.717) is 30.9 Å². The Labute approximate surface area is 156 Å². The van der Waals surface area contributed by atoms with Gasteiger partial charge in [-0.3, -0.25) is 4.79 Å². The number of para-hydroxylation sites is 1. The summed E-state index contributed by atoms with van der Waals surface area (Å²) in [5.74, 6) is 0.120. The van der Waals surface area contributed by atoms with Crippen molar-refractivity contribution in [2.45, 2.75) is 19.4 Å². The zero-order valence-corrected chi connectivity index (χ0v) is 14.9. The second-order valence-corrected chi connectivity index (χ2v) is 6.07. The van der Waals surface area contributed by atoms with Crippen LogP contribution in [-0.4, -0.2) is 42.8 Å². The van der Waals surface area contributed by atoms with Crippen LogP contribution in [0.25, 0.3) is 0 Å². The second-order valence-electron chi connectivity index (χ2n) is 6.07. The maximum Gasteiger partial charge on any atom is 0.341 e. The molecule has 0 saturated heterocycles. The zero-order valence-electron chi connectivity index (χ0n) is 14.9. The highest BCUT2D eigenvalue weighted by Gasteiger charge is 2.22. The molecule has 0 bridgehead atoms. The first-order chi connectivity index (χ1) is 13.1. The average molecular weight is 371 g/mol. The van der Waals surface area contributed by atoms with Crippen molar-refractivity contribution in [3.63, 3.8) is 0 Å². The van der Waals surface area contributed by atoms with Crippen LogP contribution in [0.1, 0.15) is 22.8 Å². The number of benzene rings is 2. The molecule has 0 radical (unpaired) electrons. The Morgan fingerprint density at radius 1 is 1.19 bits per heavy atom.